The Morgan fingerprint density at radius 3 is 2.37 bits per heavy atom. The van der Waals surface area contributed by atoms with Crippen LogP contribution in [0.25, 0.3) is 0 Å². The summed E-state index contributed by atoms with van der Waals surface area (Å²) in [7, 11) is 0. The van der Waals surface area contributed by atoms with E-state index in [9.17, 15) is 4.79 Å². The van der Waals surface area contributed by atoms with Gasteiger partial charge in [0.1, 0.15) is 5.69 Å². The molecule has 2 rings (SSSR count). The van der Waals surface area contributed by atoms with Gasteiger partial charge in [0, 0.05) is 23.0 Å². The lowest BCUT2D eigenvalue weighted by Gasteiger charge is -2.11. The predicted molar refractivity (Wildman–Crippen MR) is 74.8 cm³/mol. The Kier molecular flexibility index (Phi) is 3.71. The predicted octanol–water partition coefficient (Wildman–Crippen LogP) is 3.36. The maximum absolute atomic E-state index is 12.6. The first-order valence-electron chi connectivity index (χ1n) is 6.13. The van der Waals surface area contributed by atoms with Crippen LogP contribution in [0.15, 0.2) is 18.3 Å². The number of halogens is 1. The van der Waals surface area contributed by atoms with E-state index in [4.69, 9.17) is 11.6 Å². The van der Waals surface area contributed by atoms with Gasteiger partial charge >= 0.3 is 0 Å². The second kappa shape index (κ2) is 5.13. The van der Waals surface area contributed by atoms with Crippen LogP contribution in [-0.2, 0) is 0 Å². The molecule has 0 aromatic carbocycles. The van der Waals surface area contributed by atoms with Gasteiger partial charge in [-0.2, -0.15) is 5.10 Å². The average Bonchev–Trinajstić information content (AvgIpc) is 2.69. The number of aryl methyl sites for hydroxylation is 2. The van der Waals surface area contributed by atoms with Crippen molar-refractivity contribution in [2.45, 2.75) is 33.7 Å². The van der Waals surface area contributed by atoms with E-state index in [1.807, 2.05) is 27.7 Å². The number of hydrogen-bond acceptors (Lipinski definition) is 3. The molecule has 0 atom stereocenters. The lowest BCUT2D eigenvalue weighted by molar-refractivity contribution is 0.102. The number of rotatable bonds is 3. The standard InChI is InChI=1S/C14H16ClN3O/c1-8(2)18-13(12(15)7-16-18)14(19)11-5-9(3)17-10(4)6-11/h5-8H,1-4H3. The molecule has 0 aliphatic rings. The highest BCUT2D eigenvalue weighted by Gasteiger charge is 2.21. The van der Waals surface area contributed by atoms with E-state index in [-0.39, 0.29) is 11.8 Å². The second-order valence-electron chi connectivity index (χ2n) is 4.85. The van der Waals surface area contributed by atoms with E-state index >= 15 is 0 Å². The van der Waals surface area contributed by atoms with Crippen molar-refractivity contribution >= 4 is 17.4 Å². The fourth-order valence-corrected chi connectivity index (χ4v) is 2.26. The zero-order chi connectivity index (χ0) is 14.2. The highest BCUT2D eigenvalue weighted by Crippen LogP contribution is 2.22. The van der Waals surface area contributed by atoms with Crippen LogP contribution >= 0.6 is 11.6 Å². The minimum absolute atomic E-state index is 0.0791. The molecule has 0 unspecified atom stereocenters. The van der Waals surface area contributed by atoms with Crippen LogP contribution in [0.5, 0.6) is 0 Å². The van der Waals surface area contributed by atoms with Crippen molar-refractivity contribution in [3.63, 3.8) is 0 Å². The first kappa shape index (κ1) is 13.7. The van der Waals surface area contributed by atoms with Crippen LogP contribution in [0.4, 0.5) is 0 Å². The number of hydrogen-bond donors (Lipinski definition) is 0. The molecule has 19 heavy (non-hydrogen) atoms. The third-order valence-electron chi connectivity index (χ3n) is 2.80. The molecule has 0 amide bonds. The van der Waals surface area contributed by atoms with Gasteiger partial charge in [-0.05, 0) is 39.8 Å². The summed E-state index contributed by atoms with van der Waals surface area (Å²) in [6, 6.07) is 3.61. The number of pyridine rings is 1. The molecule has 5 heteroatoms. The van der Waals surface area contributed by atoms with Crippen LogP contribution in [0.1, 0.15) is 47.3 Å². The Balaban J connectivity index is 2.53. The van der Waals surface area contributed by atoms with Gasteiger partial charge in [-0.15, -0.1) is 0 Å². The van der Waals surface area contributed by atoms with Gasteiger partial charge in [0.2, 0.25) is 5.78 Å². The largest absolute Gasteiger partial charge is 0.287 e. The Bertz CT molecular complexity index is 611. The smallest absolute Gasteiger partial charge is 0.212 e. The van der Waals surface area contributed by atoms with E-state index < -0.39 is 0 Å². The fraction of sp³-hybridized carbons (Fsp3) is 0.357. The summed E-state index contributed by atoms with van der Waals surface area (Å²) in [5.74, 6) is -0.121. The fourth-order valence-electron chi connectivity index (χ4n) is 2.05. The summed E-state index contributed by atoms with van der Waals surface area (Å²) in [4.78, 5) is 16.9. The van der Waals surface area contributed by atoms with Crippen molar-refractivity contribution in [2.24, 2.45) is 0 Å². The molecule has 100 valence electrons. The Labute approximate surface area is 117 Å². The lowest BCUT2D eigenvalue weighted by Crippen LogP contribution is -2.14. The van der Waals surface area contributed by atoms with E-state index in [0.29, 0.717) is 16.3 Å². The minimum Gasteiger partial charge on any atom is -0.287 e. The molecular formula is C14H16ClN3O. The van der Waals surface area contributed by atoms with Crippen molar-refractivity contribution in [3.8, 4) is 0 Å². The molecule has 0 N–H and O–H groups in total. The van der Waals surface area contributed by atoms with Crippen molar-refractivity contribution < 1.29 is 4.79 Å². The molecule has 2 aromatic heterocycles. The summed E-state index contributed by atoms with van der Waals surface area (Å²) in [6.07, 6.45) is 1.51. The zero-order valence-corrected chi connectivity index (χ0v) is 12.2. The number of carbonyl (C=O) groups is 1. The third kappa shape index (κ3) is 2.68. The summed E-state index contributed by atoms with van der Waals surface area (Å²) in [6.45, 7) is 7.66. The summed E-state index contributed by atoms with van der Waals surface area (Å²) in [5.41, 5.74) is 2.65. The highest BCUT2D eigenvalue weighted by atomic mass is 35.5. The maximum Gasteiger partial charge on any atom is 0.212 e. The monoisotopic (exact) mass is 277 g/mol. The maximum atomic E-state index is 12.6. The SMILES string of the molecule is Cc1cc(C(=O)c2c(Cl)cnn2C(C)C)cc(C)n1. The van der Waals surface area contributed by atoms with E-state index in [1.165, 1.54) is 6.20 Å². The molecule has 2 heterocycles. The van der Waals surface area contributed by atoms with Crippen molar-refractivity contribution in [1.29, 1.82) is 0 Å². The normalized spacial score (nSPS) is 11.1. The first-order valence-corrected chi connectivity index (χ1v) is 6.51. The van der Waals surface area contributed by atoms with Crippen LogP contribution < -0.4 is 0 Å². The molecule has 0 saturated heterocycles. The molecule has 0 saturated carbocycles. The Hall–Kier alpha value is -1.68. The average molecular weight is 278 g/mol. The molecule has 0 aliphatic carbocycles. The van der Waals surface area contributed by atoms with Crippen LogP contribution in [0.2, 0.25) is 5.02 Å². The second-order valence-corrected chi connectivity index (χ2v) is 5.25. The van der Waals surface area contributed by atoms with E-state index in [2.05, 4.69) is 10.1 Å². The lowest BCUT2D eigenvalue weighted by atomic mass is 10.1. The van der Waals surface area contributed by atoms with Crippen molar-refractivity contribution in [3.05, 3.63) is 46.0 Å². The molecular weight excluding hydrogens is 262 g/mol. The molecule has 0 aliphatic heterocycles. The van der Waals surface area contributed by atoms with Gasteiger partial charge < -0.3 is 0 Å². The molecule has 0 spiro atoms. The topological polar surface area (TPSA) is 47.8 Å². The van der Waals surface area contributed by atoms with E-state index in [1.54, 1.807) is 16.8 Å². The summed E-state index contributed by atoms with van der Waals surface area (Å²) < 4.78 is 1.65. The van der Waals surface area contributed by atoms with Crippen molar-refractivity contribution in [2.75, 3.05) is 0 Å². The molecule has 2 aromatic rings. The van der Waals surface area contributed by atoms with Gasteiger partial charge in [-0.3, -0.25) is 14.5 Å². The third-order valence-corrected chi connectivity index (χ3v) is 3.08. The van der Waals surface area contributed by atoms with Crippen LogP contribution in [0, 0.1) is 13.8 Å². The Morgan fingerprint density at radius 1 is 1.26 bits per heavy atom. The molecule has 0 bridgehead atoms. The van der Waals surface area contributed by atoms with Gasteiger partial charge in [-0.25, -0.2) is 0 Å². The molecule has 0 fully saturated rings. The summed E-state index contributed by atoms with van der Waals surface area (Å²) >= 11 is 6.09. The van der Waals surface area contributed by atoms with Gasteiger partial charge in [0.05, 0.1) is 11.2 Å². The zero-order valence-electron chi connectivity index (χ0n) is 11.4. The molecule has 0 radical (unpaired) electrons. The van der Waals surface area contributed by atoms with E-state index in [0.717, 1.165) is 11.4 Å². The van der Waals surface area contributed by atoms with Crippen LogP contribution in [-0.4, -0.2) is 20.5 Å². The number of aromatic nitrogens is 3. The van der Waals surface area contributed by atoms with Crippen LogP contribution in [0.3, 0.4) is 0 Å². The Morgan fingerprint density at radius 2 is 1.84 bits per heavy atom. The summed E-state index contributed by atoms with van der Waals surface area (Å²) in [5, 5.41) is 4.54. The number of nitrogens with zero attached hydrogens (tertiary/aromatic N) is 3. The highest BCUT2D eigenvalue weighted by molar-refractivity contribution is 6.34. The minimum atomic E-state index is -0.121. The first-order chi connectivity index (χ1) is 8.90. The number of ketones is 1. The van der Waals surface area contributed by atoms with Crippen molar-refractivity contribution in [1.82, 2.24) is 14.8 Å². The van der Waals surface area contributed by atoms with Gasteiger partial charge in [0.15, 0.2) is 0 Å². The molecule has 4 nitrogen and oxygen atoms in total. The van der Waals surface area contributed by atoms with Gasteiger partial charge in [0.25, 0.3) is 0 Å². The van der Waals surface area contributed by atoms with Gasteiger partial charge in [-0.1, -0.05) is 11.6 Å². The quantitative estimate of drug-likeness (QED) is 0.808. The number of carbonyl (C=O) groups excluding carboxylic acids is 1.